The van der Waals surface area contributed by atoms with Crippen molar-refractivity contribution in [2.75, 3.05) is 19.6 Å². The third-order valence-electron chi connectivity index (χ3n) is 2.58. The fourth-order valence-electron chi connectivity index (χ4n) is 1.67. The predicted molar refractivity (Wildman–Crippen MR) is 75.7 cm³/mol. The van der Waals surface area contributed by atoms with Crippen molar-refractivity contribution >= 4 is 23.8 Å². The fourth-order valence-corrected chi connectivity index (χ4v) is 1.67. The number of nitrogens with one attached hydrogen (secondary N) is 2. The Morgan fingerprint density at radius 2 is 2.16 bits per heavy atom. The third-order valence-corrected chi connectivity index (χ3v) is 2.58. The third kappa shape index (κ3) is 3.90. The first-order valence-electron chi connectivity index (χ1n) is 6.09. The minimum absolute atomic E-state index is 0. The highest BCUT2D eigenvalue weighted by atomic mass is 35.5. The van der Waals surface area contributed by atoms with Gasteiger partial charge in [-0.25, -0.2) is 4.52 Å². The summed E-state index contributed by atoms with van der Waals surface area (Å²) in [7, 11) is 0. The predicted octanol–water partition coefficient (Wildman–Crippen LogP) is 0.881. The average molecular weight is 284 g/mol. The standard InChI is InChI=1S/C12H17N5O.ClH/c1-2-3-13-4-5-15-12(18)10-8-16-17-7-6-14-9-11(10)17;/h6-9,13H,2-5H2,1H3,(H,15,18);1H. The van der Waals surface area contributed by atoms with E-state index in [4.69, 9.17) is 0 Å². The molecule has 2 aromatic rings. The van der Waals surface area contributed by atoms with Crippen molar-refractivity contribution in [2.45, 2.75) is 13.3 Å². The van der Waals surface area contributed by atoms with Gasteiger partial charge in [-0.15, -0.1) is 12.4 Å². The Labute approximate surface area is 118 Å². The first-order chi connectivity index (χ1) is 8.83. The number of carbonyl (C=O) groups is 1. The zero-order chi connectivity index (χ0) is 12.8. The second-order valence-electron chi connectivity index (χ2n) is 3.97. The van der Waals surface area contributed by atoms with Gasteiger partial charge in [-0.3, -0.25) is 9.78 Å². The molecule has 2 heterocycles. The molecule has 0 radical (unpaired) electrons. The van der Waals surface area contributed by atoms with Crippen LogP contribution in [0.15, 0.2) is 24.8 Å². The maximum Gasteiger partial charge on any atom is 0.255 e. The van der Waals surface area contributed by atoms with Gasteiger partial charge in [0, 0.05) is 25.5 Å². The molecular formula is C12H18ClN5O. The van der Waals surface area contributed by atoms with E-state index < -0.39 is 0 Å². The Morgan fingerprint density at radius 1 is 1.32 bits per heavy atom. The fraction of sp³-hybridized carbons (Fsp3) is 0.417. The van der Waals surface area contributed by atoms with E-state index >= 15 is 0 Å². The molecule has 0 aliphatic heterocycles. The topological polar surface area (TPSA) is 71.3 Å². The highest BCUT2D eigenvalue weighted by molar-refractivity contribution is 6.00. The summed E-state index contributed by atoms with van der Waals surface area (Å²) in [5.41, 5.74) is 1.27. The number of hydrogen-bond donors (Lipinski definition) is 2. The number of aromatic nitrogens is 3. The smallest absolute Gasteiger partial charge is 0.255 e. The summed E-state index contributed by atoms with van der Waals surface area (Å²) < 4.78 is 1.64. The molecule has 2 N–H and O–H groups in total. The van der Waals surface area contributed by atoms with Gasteiger partial charge in [-0.2, -0.15) is 5.10 Å². The van der Waals surface area contributed by atoms with Gasteiger partial charge in [-0.1, -0.05) is 6.92 Å². The van der Waals surface area contributed by atoms with Crippen molar-refractivity contribution in [3.63, 3.8) is 0 Å². The van der Waals surface area contributed by atoms with E-state index in [1.54, 1.807) is 29.3 Å². The lowest BCUT2D eigenvalue weighted by Crippen LogP contribution is -2.32. The first kappa shape index (κ1) is 15.4. The van der Waals surface area contributed by atoms with E-state index in [-0.39, 0.29) is 18.3 Å². The van der Waals surface area contributed by atoms with Gasteiger partial charge in [-0.05, 0) is 13.0 Å². The van der Waals surface area contributed by atoms with Crippen LogP contribution in [0.4, 0.5) is 0 Å². The molecule has 0 unspecified atom stereocenters. The van der Waals surface area contributed by atoms with Crippen LogP contribution in [0, 0.1) is 0 Å². The lowest BCUT2D eigenvalue weighted by atomic mass is 10.3. The zero-order valence-corrected chi connectivity index (χ0v) is 11.6. The molecule has 7 heteroatoms. The molecule has 6 nitrogen and oxygen atoms in total. The highest BCUT2D eigenvalue weighted by Gasteiger charge is 2.11. The molecule has 0 aliphatic carbocycles. The molecule has 104 valence electrons. The molecule has 2 aromatic heterocycles. The van der Waals surface area contributed by atoms with Crippen molar-refractivity contribution in [3.05, 3.63) is 30.4 Å². The molecule has 0 saturated carbocycles. The van der Waals surface area contributed by atoms with Gasteiger partial charge in [0.1, 0.15) is 0 Å². The van der Waals surface area contributed by atoms with E-state index in [2.05, 4.69) is 27.6 Å². The number of nitrogens with zero attached hydrogens (tertiary/aromatic N) is 3. The van der Waals surface area contributed by atoms with Crippen LogP contribution in [0.5, 0.6) is 0 Å². The number of fused-ring (bicyclic) bond motifs is 1. The van der Waals surface area contributed by atoms with Crippen LogP contribution in [0.1, 0.15) is 23.7 Å². The summed E-state index contributed by atoms with van der Waals surface area (Å²) in [6.07, 6.45) is 7.64. The van der Waals surface area contributed by atoms with Gasteiger partial charge in [0.2, 0.25) is 0 Å². The van der Waals surface area contributed by atoms with Gasteiger partial charge in [0.15, 0.2) is 0 Å². The summed E-state index contributed by atoms with van der Waals surface area (Å²) in [5, 5.41) is 10.2. The van der Waals surface area contributed by atoms with Crippen LogP contribution in [-0.4, -0.2) is 40.1 Å². The largest absolute Gasteiger partial charge is 0.351 e. The minimum Gasteiger partial charge on any atom is -0.351 e. The summed E-state index contributed by atoms with van der Waals surface area (Å²) in [4.78, 5) is 15.9. The van der Waals surface area contributed by atoms with Gasteiger partial charge >= 0.3 is 0 Å². The van der Waals surface area contributed by atoms with Crippen LogP contribution >= 0.6 is 12.4 Å². The molecule has 0 bridgehead atoms. The number of amides is 1. The van der Waals surface area contributed by atoms with Crippen LogP contribution in [0.25, 0.3) is 5.52 Å². The normalized spacial score (nSPS) is 10.2. The highest BCUT2D eigenvalue weighted by Crippen LogP contribution is 2.07. The Bertz CT molecular complexity index is 528. The number of carbonyl (C=O) groups excluding carboxylic acids is 1. The summed E-state index contributed by atoms with van der Waals surface area (Å²) in [6, 6.07) is 0. The van der Waals surface area contributed by atoms with Crippen molar-refractivity contribution in [3.8, 4) is 0 Å². The van der Waals surface area contributed by atoms with Crippen molar-refractivity contribution in [2.24, 2.45) is 0 Å². The number of rotatable bonds is 6. The van der Waals surface area contributed by atoms with Gasteiger partial charge in [0.05, 0.1) is 23.5 Å². The minimum atomic E-state index is -0.115. The van der Waals surface area contributed by atoms with E-state index in [1.807, 2.05) is 0 Å². The molecule has 19 heavy (non-hydrogen) atoms. The second-order valence-corrected chi connectivity index (χ2v) is 3.97. The van der Waals surface area contributed by atoms with Gasteiger partial charge < -0.3 is 10.6 Å². The Kier molecular flexibility index (Phi) is 6.24. The zero-order valence-electron chi connectivity index (χ0n) is 10.8. The van der Waals surface area contributed by atoms with E-state index in [0.717, 1.165) is 25.0 Å². The molecule has 0 aromatic carbocycles. The molecular weight excluding hydrogens is 266 g/mol. The van der Waals surface area contributed by atoms with Crippen molar-refractivity contribution in [1.29, 1.82) is 0 Å². The molecule has 1 amide bonds. The molecule has 2 rings (SSSR count). The van der Waals surface area contributed by atoms with E-state index in [9.17, 15) is 4.79 Å². The lowest BCUT2D eigenvalue weighted by molar-refractivity contribution is 0.0955. The Balaban J connectivity index is 0.00000180. The lowest BCUT2D eigenvalue weighted by Gasteiger charge is -2.04. The number of halogens is 1. The van der Waals surface area contributed by atoms with Crippen molar-refractivity contribution in [1.82, 2.24) is 25.2 Å². The molecule has 0 fully saturated rings. The Morgan fingerprint density at radius 3 is 2.95 bits per heavy atom. The van der Waals surface area contributed by atoms with Crippen LogP contribution in [0.2, 0.25) is 0 Å². The molecule has 0 spiro atoms. The maximum absolute atomic E-state index is 11.9. The van der Waals surface area contributed by atoms with Crippen LogP contribution < -0.4 is 10.6 Å². The summed E-state index contributed by atoms with van der Waals surface area (Å²) >= 11 is 0. The van der Waals surface area contributed by atoms with E-state index in [0.29, 0.717) is 12.1 Å². The summed E-state index contributed by atoms with van der Waals surface area (Å²) in [6.45, 7) is 4.46. The maximum atomic E-state index is 11.9. The SMILES string of the molecule is CCCNCCNC(=O)c1cnn2ccncc12.Cl. The quantitative estimate of drug-likeness (QED) is 0.772. The first-order valence-corrected chi connectivity index (χ1v) is 6.09. The second kappa shape index (κ2) is 7.70. The monoisotopic (exact) mass is 283 g/mol. The summed E-state index contributed by atoms with van der Waals surface area (Å²) in [5.74, 6) is -0.115. The molecule has 0 aliphatic rings. The molecule has 0 saturated heterocycles. The molecule has 0 atom stereocenters. The Hall–Kier alpha value is -1.66. The van der Waals surface area contributed by atoms with Crippen LogP contribution in [0.3, 0.4) is 0 Å². The average Bonchev–Trinajstić information content (AvgIpc) is 2.82. The van der Waals surface area contributed by atoms with Crippen molar-refractivity contribution < 1.29 is 4.79 Å². The van der Waals surface area contributed by atoms with Gasteiger partial charge in [0.25, 0.3) is 5.91 Å². The van der Waals surface area contributed by atoms with Crippen LogP contribution in [-0.2, 0) is 0 Å². The number of hydrogen-bond acceptors (Lipinski definition) is 4. The van der Waals surface area contributed by atoms with E-state index in [1.165, 1.54) is 0 Å².